The molecule has 52 heavy (non-hydrogen) atoms. The minimum atomic E-state index is -3.97. The van der Waals surface area contributed by atoms with Crippen molar-refractivity contribution in [2.45, 2.75) is 12.1 Å². The maximum atomic E-state index is 16.6. The van der Waals surface area contributed by atoms with Crippen molar-refractivity contribution in [3.8, 4) is 0 Å². The number of hydrogen-bond donors (Lipinski definition) is 0. The second-order valence-corrected chi connectivity index (χ2v) is 26.7. The number of rotatable bonds is 9. The van der Waals surface area contributed by atoms with Gasteiger partial charge in [-0.05, 0) is 0 Å². The van der Waals surface area contributed by atoms with E-state index in [4.69, 9.17) is 0 Å². The molecule has 0 aromatic heterocycles. The predicted octanol–water partition coefficient (Wildman–Crippen LogP) is 8.81. The van der Waals surface area contributed by atoms with Crippen molar-refractivity contribution < 1.29 is 39.9 Å². The molecule has 7 rings (SSSR count). The van der Waals surface area contributed by atoms with Crippen LogP contribution in [0, 0.1) is 6.08 Å². The molecule has 0 saturated carbocycles. The van der Waals surface area contributed by atoms with Crippen LogP contribution in [0.25, 0.3) is 0 Å². The molecule has 1 heterocycles. The van der Waals surface area contributed by atoms with Crippen LogP contribution in [0.4, 0.5) is 0 Å². The number of halogens is 2. The Morgan fingerprint density at radius 2 is 0.635 bits per heavy atom. The molecule has 1 aliphatic rings. The first kappa shape index (κ1) is 44.2. The van der Waals surface area contributed by atoms with Gasteiger partial charge in [-0.15, -0.1) is 24.8 Å². The van der Waals surface area contributed by atoms with Crippen molar-refractivity contribution in [1.29, 1.82) is 0 Å². The van der Waals surface area contributed by atoms with Crippen LogP contribution < -0.4 is 31.8 Å². The molecular weight excluding hydrogens is 1020 g/mol. The van der Waals surface area contributed by atoms with Crippen LogP contribution in [0.5, 0.6) is 0 Å². The summed E-state index contributed by atoms with van der Waals surface area (Å²) in [5.74, 6) is 0. The van der Waals surface area contributed by atoms with Gasteiger partial charge in [-0.25, -0.2) is 0 Å². The molecule has 0 fully saturated rings. The largest absolute Gasteiger partial charge is 0.312 e. The Bertz CT molecular complexity index is 1830. The fraction of sp³-hybridized carbons (Fsp3) is 0.0476. The van der Waals surface area contributed by atoms with Crippen LogP contribution in [0.15, 0.2) is 195 Å². The molecule has 0 bridgehead atoms. The second kappa shape index (κ2) is 20.5. The van der Waals surface area contributed by atoms with Crippen LogP contribution in [-0.4, -0.2) is 28.4 Å². The van der Waals surface area contributed by atoms with Crippen molar-refractivity contribution in [3.63, 3.8) is 0 Å². The molecule has 3 nitrogen and oxygen atoms in total. The van der Waals surface area contributed by atoms with Gasteiger partial charge in [-0.1, -0.05) is 182 Å². The average molecular weight is 1060 g/mol. The van der Waals surface area contributed by atoms with E-state index in [9.17, 15) is 0 Å². The van der Waals surface area contributed by atoms with Crippen LogP contribution in [0.2, 0.25) is 0 Å². The van der Waals surface area contributed by atoms with Crippen molar-refractivity contribution in [3.05, 3.63) is 201 Å². The fourth-order valence-electron chi connectivity index (χ4n) is 6.21. The molecule has 10 heteroatoms. The van der Waals surface area contributed by atoms with Crippen LogP contribution in [-0.2, 0) is 39.9 Å². The topological polar surface area (TPSA) is 51.2 Å². The monoisotopic (exact) mass is 1050 g/mol. The number of allylic oxidation sites excluding steroid dienone is 3. The molecule has 0 unspecified atom stereocenters. The molecular formula is C42H39BiCl2O3P3Zr-. The first-order valence-electron chi connectivity index (χ1n) is 16.0. The first-order chi connectivity index (χ1) is 23.9. The van der Waals surface area contributed by atoms with E-state index in [0.29, 0.717) is 31.8 Å². The molecule has 0 saturated heterocycles. The maximum absolute atomic E-state index is 16.6. The van der Waals surface area contributed by atoms with Crippen molar-refractivity contribution >= 4 is 101 Å². The van der Waals surface area contributed by atoms with Gasteiger partial charge in [0, 0.05) is 58.0 Å². The minimum absolute atomic E-state index is 0. The second-order valence-electron chi connectivity index (χ2n) is 11.6. The maximum Gasteiger partial charge on any atom is 0.161 e. The molecule has 0 aliphatic carbocycles. The van der Waals surface area contributed by atoms with Gasteiger partial charge in [-0.2, -0.15) is 0 Å². The third-order valence-corrected chi connectivity index (χ3v) is 26.2. The Morgan fingerprint density at radius 3 is 0.769 bits per heavy atom. The molecule has 1 aliphatic heterocycles. The fourth-order valence-corrected chi connectivity index (χ4v) is 25.0. The summed E-state index contributed by atoms with van der Waals surface area (Å²) < 4.78 is 53.5. The van der Waals surface area contributed by atoms with Gasteiger partial charge < -0.3 is 13.7 Å². The summed E-state index contributed by atoms with van der Waals surface area (Å²) in [5, 5.41) is 1.80. The molecule has 0 N–H and O–H groups in total. The summed E-state index contributed by atoms with van der Waals surface area (Å²) in [6.07, 6.45) is 5.20. The van der Waals surface area contributed by atoms with Crippen LogP contribution >= 0.6 is 46.2 Å². The molecule has 0 atom stereocenters. The van der Waals surface area contributed by atoms with E-state index < -0.39 is 26.6 Å². The smallest absolute Gasteiger partial charge is 0.161 e. The molecule has 264 valence electrons. The predicted molar refractivity (Wildman–Crippen MR) is 226 cm³/mol. The zero-order valence-corrected chi connectivity index (χ0v) is 39.1. The van der Waals surface area contributed by atoms with E-state index >= 15 is 13.7 Å². The van der Waals surface area contributed by atoms with Crippen molar-refractivity contribution in [1.82, 2.24) is 0 Å². The Kier molecular flexibility index (Phi) is 17.4. The van der Waals surface area contributed by atoms with E-state index in [1.807, 2.05) is 182 Å². The number of benzene rings is 6. The van der Waals surface area contributed by atoms with Gasteiger partial charge >= 0.3 is 49.4 Å². The van der Waals surface area contributed by atoms with Gasteiger partial charge in [0.25, 0.3) is 0 Å². The molecule has 0 radical (unpaired) electrons. The van der Waals surface area contributed by atoms with Crippen LogP contribution in [0.1, 0.15) is 6.92 Å². The van der Waals surface area contributed by atoms with Crippen molar-refractivity contribution in [2.75, 3.05) is 0 Å². The third kappa shape index (κ3) is 9.19. The zero-order valence-electron chi connectivity index (χ0n) is 28.4. The standard InChI is InChI=1S/C37H31O3P3.C5H5.Bi.2ClH.Zr.H/c38-41(31-19-7-1-8-20-31,32-21-9-2-10-22-32)37(42(39,33-23-11-3-12-24-33)34-25-13-4-14-26-34)43(40,35-27-15-5-16-28-35)36-29-17-6-18-30-36;1-3-5-4-2;;;;;/h1-30,37H;1,3H,2H3;;2*1H;;/q;-1;;;;;. The van der Waals surface area contributed by atoms with Crippen LogP contribution in [0.3, 0.4) is 0 Å². The first-order valence-corrected chi connectivity index (χ1v) is 25.6. The normalized spacial score (nSPS) is 12.2. The van der Waals surface area contributed by atoms with Gasteiger partial charge in [-0.3, -0.25) is 0 Å². The van der Waals surface area contributed by atoms with E-state index in [1.54, 1.807) is 0 Å². The third-order valence-electron chi connectivity index (χ3n) is 8.50. The van der Waals surface area contributed by atoms with Gasteiger partial charge in [0.2, 0.25) is 0 Å². The molecule has 0 spiro atoms. The van der Waals surface area contributed by atoms with Crippen molar-refractivity contribution in [2.24, 2.45) is 0 Å². The average Bonchev–Trinajstić information content (AvgIpc) is 3.67. The van der Waals surface area contributed by atoms with E-state index in [1.165, 1.54) is 3.28 Å². The Morgan fingerprint density at radius 1 is 0.423 bits per heavy atom. The van der Waals surface area contributed by atoms with Gasteiger partial charge in [0.15, 0.2) is 21.4 Å². The summed E-state index contributed by atoms with van der Waals surface area (Å²) >= 11 is -0.315. The quantitative estimate of drug-likeness (QED) is 0.0828. The Labute approximate surface area is 351 Å². The summed E-state index contributed by atoms with van der Waals surface area (Å²) in [4.78, 5) is 0. The van der Waals surface area contributed by atoms with E-state index in [0.717, 1.165) is 0 Å². The summed E-state index contributed by atoms with van der Waals surface area (Å²) in [6, 6.07) is 55.2. The Balaban J connectivity index is 0.000000738. The molecule has 6 aromatic rings. The summed E-state index contributed by atoms with van der Waals surface area (Å²) in [5.41, 5.74) is 0. The SMILES string of the molecule is C[C]1=[C-]C=[CH][BiH]1.Cl.Cl.O=P(c1ccccc1)(c1ccccc1)C(P(=O)(c1ccccc1)c1ccccc1)P(=O)(c1ccccc1)c1ccccc1.[Zr]. The molecule has 0 amide bonds. The van der Waals surface area contributed by atoms with Gasteiger partial charge in [0.1, 0.15) is 5.14 Å². The van der Waals surface area contributed by atoms with Gasteiger partial charge in [0.05, 0.1) is 0 Å². The summed E-state index contributed by atoms with van der Waals surface area (Å²) in [7, 11) is -11.9. The van der Waals surface area contributed by atoms with E-state index in [-0.39, 0.29) is 74.3 Å². The van der Waals surface area contributed by atoms with E-state index in [2.05, 4.69) is 22.9 Å². The molecule has 6 aromatic carbocycles. The zero-order chi connectivity index (χ0) is 34.2. The Hall–Kier alpha value is -2.16. The minimum Gasteiger partial charge on any atom is -0.312 e. The summed E-state index contributed by atoms with van der Waals surface area (Å²) in [6.45, 7) is 2.17. The number of hydrogen-bond acceptors (Lipinski definition) is 3.